The van der Waals surface area contributed by atoms with Crippen LogP contribution in [0.25, 0.3) is 0 Å². The van der Waals surface area contributed by atoms with E-state index in [1.807, 2.05) is 12.1 Å². The third kappa shape index (κ3) is 3.70. The third-order valence-electron chi connectivity index (χ3n) is 3.50. The predicted molar refractivity (Wildman–Crippen MR) is 74.7 cm³/mol. The van der Waals surface area contributed by atoms with Crippen LogP contribution in [0.15, 0.2) is 24.3 Å². The van der Waals surface area contributed by atoms with E-state index < -0.39 is 5.97 Å². The van der Waals surface area contributed by atoms with Crippen molar-refractivity contribution >= 4 is 11.7 Å². The number of hydrogen-bond donors (Lipinski definition) is 2. The van der Waals surface area contributed by atoms with Crippen molar-refractivity contribution in [1.82, 2.24) is 0 Å². The van der Waals surface area contributed by atoms with Crippen LogP contribution >= 0.6 is 0 Å². The van der Waals surface area contributed by atoms with Gasteiger partial charge < -0.3 is 15.2 Å². The smallest absolute Gasteiger partial charge is 0.337 e. The van der Waals surface area contributed by atoms with Crippen molar-refractivity contribution in [2.45, 2.75) is 44.8 Å². The molecule has 1 aliphatic rings. The maximum absolute atomic E-state index is 11.2. The van der Waals surface area contributed by atoms with Crippen LogP contribution in [0.4, 0.5) is 5.69 Å². The minimum atomic E-state index is -0.889. The highest BCUT2D eigenvalue weighted by atomic mass is 16.5. The molecule has 0 amide bonds. The highest BCUT2D eigenvalue weighted by Crippen LogP contribution is 2.23. The zero-order chi connectivity index (χ0) is 13.7. The molecule has 2 rings (SSSR count). The summed E-state index contributed by atoms with van der Waals surface area (Å²) in [5.74, 6) is -0.889. The van der Waals surface area contributed by atoms with Crippen molar-refractivity contribution in [3.8, 4) is 0 Å². The summed E-state index contributed by atoms with van der Waals surface area (Å²) >= 11 is 0. The largest absolute Gasteiger partial charge is 0.478 e. The zero-order valence-corrected chi connectivity index (χ0v) is 11.3. The topological polar surface area (TPSA) is 58.6 Å². The minimum absolute atomic E-state index is 0.297. The SMILES string of the molecule is CCCC1CC(Nc2ccccc2C(=O)O)CCO1. The van der Waals surface area contributed by atoms with Crippen molar-refractivity contribution in [2.75, 3.05) is 11.9 Å². The maximum atomic E-state index is 11.2. The summed E-state index contributed by atoms with van der Waals surface area (Å²) < 4.78 is 5.71. The van der Waals surface area contributed by atoms with Crippen LogP contribution in [0.1, 0.15) is 43.0 Å². The summed E-state index contributed by atoms with van der Waals surface area (Å²) in [5.41, 5.74) is 1.04. The van der Waals surface area contributed by atoms with Gasteiger partial charge >= 0.3 is 5.97 Å². The molecule has 0 radical (unpaired) electrons. The Balaban J connectivity index is 2.02. The fourth-order valence-corrected chi connectivity index (χ4v) is 2.55. The fourth-order valence-electron chi connectivity index (χ4n) is 2.55. The molecule has 1 aromatic rings. The van der Waals surface area contributed by atoms with Crippen molar-refractivity contribution in [3.05, 3.63) is 29.8 Å². The zero-order valence-electron chi connectivity index (χ0n) is 11.3. The Bertz CT molecular complexity index is 431. The average Bonchev–Trinajstić information content (AvgIpc) is 2.40. The summed E-state index contributed by atoms with van der Waals surface area (Å²) in [5, 5.41) is 12.5. The molecular formula is C15H21NO3. The lowest BCUT2D eigenvalue weighted by atomic mass is 9.99. The van der Waals surface area contributed by atoms with Crippen LogP contribution in [0.5, 0.6) is 0 Å². The van der Waals surface area contributed by atoms with Crippen LogP contribution in [0.3, 0.4) is 0 Å². The number of carboxylic acid groups (broad SMARTS) is 1. The van der Waals surface area contributed by atoms with Crippen LogP contribution in [0.2, 0.25) is 0 Å². The normalized spacial score (nSPS) is 23.0. The van der Waals surface area contributed by atoms with Crippen LogP contribution in [-0.4, -0.2) is 29.8 Å². The van der Waals surface area contributed by atoms with Crippen molar-refractivity contribution in [3.63, 3.8) is 0 Å². The number of aromatic carboxylic acids is 1. The second-order valence-corrected chi connectivity index (χ2v) is 5.00. The van der Waals surface area contributed by atoms with Gasteiger partial charge in [-0.15, -0.1) is 0 Å². The maximum Gasteiger partial charge on any atom is 0.337 e. The summed E-state index contributed by atoms with van der Waals surface area (Å²) in [4.78, 5) is 11.2. The molecule has 0 bridgehead atoms. The quantitative estimate of drug-likeness (QED) is 0.856. The summed E-state index contributed by atoms with van der Waals surface area (Å²) in [6, 6.07) is 7.36. The van der Waals surface area contributed by atoms with E-state index in [4.69, 9.17) is 9.84 Å². The molecule has 1 fully saturated rings. The minimum Gasteiger partial charge on any atom is -0.478 e. The Morgan fingerprint density at radius 3 is 3.00 bits per heavy atom. The van der Waals surface area contributed by atoms with Crippen LogP contribution < -0.4 is 5.32 Å². The molecule has 4 heteroatoms. The summed E-state index contributed by atoms with van der Waals surface area (Å²) in [7, 11) is 0. The fraction of sp³-hybridized carbons (Fsp3) is 0.533. The molecule has 0 spiro atoms. The van der Waals surface area contributed by atoms with E-state index in [0.717, 1.165) is 32.3 Å². The van der Waals surface area contributed by atoms with E-state index in [-0.39, 0.29) is 0 Å². The first kappa shape index (κ1) is 13.9. The predicted octanol–water partition coefficient (Wildman–Crippen LogP) is 3.14. The van der Waals surface area contributed by atoms with Crippen LogP contribution in [-0.2, 0) is 4.74 Å². The Morgan fingerprint density at radius 2 is 2.26 bits per heavy atom. The second kappa shape index (κ2) is 6.57. The number of carboxylic acids is 1. The van der Waals surface area contributed by atoms with Crippen molar-refractivity contribution < 1.29 is 14.6 Å². The molecule has 4 nitrogen and oxygen atoms in total. The van der Waals surface area contributed by atoms with Gasteiger partial charge in [-0.2, -0.15) is 0 Å². The van der Waals surface area contributed by atoms with Gasteiger partial charge in [-0.25, -0.2) is 4.79 Å². The molecule has 1 aromatic carbocycles. The Hall–Kier alpha value is -1.55. The van der Waals surface area contributed by atoms with E-state index in [1.54, 1.807) is 12.1 Å². The van der Waals surface area contributed by atoms with E-state index in [0.29, 0.717) is 23.4 Å². The molecule has 1 heterocycles. The molecule has 1 aliphatic heterocycles. The highest BCUT2D eigenvalue weighted by molar-refractivity contribution is 5.94. The van der Waals surface area contributed by atoms with Gasteiger partial charge in [-0.05, 0) is 31.4 Å². The summed E-state index contributed by atoms with van der Waals surface area (Å²) in [6.45, 7) is 2.90. The molecule has 19 heavy (non-hydrogen) atoms. The molecule has 2 unspecified atom stereocenters. The number of ether oxygens (including phenoxy) is 1. The lowest BCUT2D eigenvalue weighted by Gasteiger charge is -2.31. The molecule has 0 saturated carbocycles. The molecule has 2 atom stereocenters. The molecule has 0 aliphatic carbocycles. The number of nitrogens with one attached hydrogen (secondary N) is 1. The van der Waals surface area contributed by atoms with Gasteiger partial charge in [0.25, 0.3) is 0 Å². The number of benzene rings is 1. The Kier molecular flexibility index (Phi) is 4.80. The van der Waals surface area contributed by atoms with Gasteiger partial charge in [0.2, 0.25) is 0 Å². The highest BCUT2D eigenvalue weighted by Gasteiger charge is 2.22. The van der Waals surface area contributed by atoms with E-state index in [1.165, 1.54) is 0 Å². The van der Waals surface area contributed by atoms with Crippen molar-refractivity contribution in [1.29, 1.82) is 0 Å². The molecular weight excluding hydrogens is 242 g/mol. The summed E-state index contributed by atoms with van der Waals surface area (Å²) in [6.07, 6.45) is 4.35. The number of carbonyl (C=O) groups is 1. The lowest BCUT2D eigenvalue weighted by molar-refractivity contribution is 0.00597. The van der Waals surface area contributed by atoms with Gasteiger partial charge in [0.05, 0.1) is 11.7 Å². The van der Waals surface area contributed by atoms with E-state index in [2.05, 4.69) is 12.2 Å². The number of para-hydroxylation sites is 1. The van der Waals surface area contributed by atoms with E-state index in [9.17, 15) is 4.79 Å². The Labute approximate surface area is 113 Å². The van der Waals surface area contributed by atoms with Crippen LogP contribution in [0, 0.1) is 0 Å². The molecule has 1 saturated heterocycles. The second-order valence-electron chi connectivity index (χ2n) is 5.00. The first-order valence-electron chi connectivity index (χ1n) is 6.91. The molecule has 2 N–H and O–H groups in total. The Morgan fingerprint density at radius 1 is 1.47 bits per heavy atom. The number of anilines is 1. The van der Waals surface area contributed by atoms with E-state index >= 15 is 0 Å². The first-order valence-corrected chi connectivity index (χ1v) is 6.91. The van der Waals surface area contributed by atoms with Gasteiger partial charge in [0.1, 0.15) is 0 Å². The number of hydrogen-bond acceptors (Lipinski definition) is 3. The molecule has 104 valence electrons. The standard InChI is InChI=1S/C15H21NO3/c1-2-5-12-10-11(8-9-19-12)16-14-7-4-3-6-13(14)15(17)18/h3-4,6-7,11-12,16H,2,5,8-10H2,1H3,(H,17,18). The van der Waals surface area contributed by atoms with Gasteiger partial charge in [0.15, 0.2) is 0 Å². The molecule has 0 aromatic heterocycles. The average molecular weight is 263 g/mol. The van der Waals surface area contributed by atoms with Gasteiger partial charge in [-0.1, -0.05) is 25.5 Å². The van der Waals surface area contributed by atoms with Gasteiger partial charge in [-0.3, -0.25) is 0 Å². The first-order chi connectivity index (χ1) is 9.20. The third-order valence-corrected chi connectivity index (χ3v) is 3.50. The monoisotopic (exact) mass is 263 g/mol. The lowest BCUT2D eigenvalue weighted by Crippen LogP contribution is -2.34. The van der Waals surface area contributed by atoms with Gasteiger partial charge in [0, 0.05) is 18.3 Å². The van der Waals surface area contributed by atoms with Crippen molar-refractivity contribution in [2.24, 2.45) is 0 Å². The number of rotatable bonds is 5.